The zero-order valence-electron chi connectivity index (χ0n) is 8.43. The summed E-state index contributed by atoms with van der Waals surface area (Å²) in [5.41, 5.74) is 0. The number of halogens is 1. The minimum Gasteiger partial charge on any atom is -0.373 e. The van der Waals surface area contributed by atoms with Crippen molar-refractivity contribution in [3.05, 3.63) is 0 Å². The average Bonchev–Trinajstić information content (AvgIpc) is 2.93. The predicted octanol–water partition coefficient (Wildman–Crippen LogP) is 3.90. The van der Waals surface area contributed by atoms with Crippen molar-refractivity contribution in [3.63, 3.8) is 0 Å². The van der Waals surface area contributed by atoms with Crippen LogP contribution in [-0.4, -0.2) is 18.0 Å². The lowest BCUT2D eigenvalue weighted by atomic mass is 10.1. The molecular weight excluding hydrogens is 228 g/mol. The standard InChI is InChI=1S/C11H21BrO/c12-9-7-5-3-1-2-4-6-8-11-10-13-11/h11H,1-10H2/t11-/m0/s1. The highest BCUT2D eigenvalue weighted by atomic mass is 79.9. The Morgan fingerprint density at radius 1 is 0.923 bits per heavy atom. The molecule has 0 aliphatic carbocycles. The van der Waals surface area contributed by atoms with Gasteiger partial charge in [0.25, 0.3) is 0 Å². The van der Waals surface area contributed by atoms with Gasteiger partial charge in [-0.25, -0.2) is 0 Å². The Kier molecular flexibility index (Phi) is 6.92. The monoisotopic (exact) mass is 248 g/mol. The average molecular weight is 249 g/mol. The van der Waals surface area contributed by atoms with Crippen molar-refractivity contribution in [1.82, 2.24) is 0 Å². The van der Waals surface area contributed by atoms with E-state index >= 15 is 0 Å². The predicted molar refractivity (Wildman–Crippen MR) is 60.5 cm³/mol. The van der Waals surface area contributed by atoms with E-state index in [0.717, 1.165) is 6.61 Å². The summed E-state index contributed by atoms with van der Waals surface area (Å²) in [5.74, 6) is 0. The van der Waals surface area contributed by atoms with Gasteiger partial charge in [-0.15, -0.1) is 0 Å². The Balaban J connectivity index is 1.63. The molecule has 1 nitrogen and oxygen atoms in total. The van der Waals surface area contributed by atoms with Gasteiger partial charge in [0, 0.05) is 5.33 Å². The van der Waals surface area contributed by atoms with Crippen LogP contribution in [0.3, 0.4) is 0 Å². The molecule has 1 atom stereocenters. The van der Waals surface area contributed by atoms with Gasteiger partial charge in [0.1, 0.15) is 0 Å². The van der Waals surface area contributed by atoms with Crippen molar-refractivity contribution >= 4 is 15.9 Å². The normalized spacial score (nSPS) is 20.5. The SMILES string of the molecule is BrCCCCCCCCC[C@H]1CO1. The minimum atomic E-state index is 0.647. The fourth-order valence-electron chi connectivity index (χ4n) is 1.59. The van der Waals surface area contributed by atoms with Crippen molar-refractivity contribution in [1.29, 1.82) is 0 Å². The van der Waals surface area contributed by atoms with Crippen molar-refractivity contribution in [2.24, 2.45) is 0 Å². The van der Waals surface area contributed by atoms with Crippen LogP contribution in [0.25, 0.3) is 0 Å². The summed E-state index contributed by atoms with van der Waals surface area (Å²) in [6, 6.07) is 0. The minimum absolute atomic E-state index is 0.647. The van der Waals surface area contributed by atoms with Crippen LogP contribution in [0.5, 0.6) is 0 Å². The van der Waals surface area contributed by atoms with Gasteiger partial charge in [-0.3, -0.25) is 0 Å². The summed E-state index contributed by atoms with van der Waals surface area (Å²) >= 11 is 3.45. The van der Waals surface area contributed by atoms with Gasteiger partial charge in [-0.05, 0) is 12.8 Å². The molecule has 1 fully saturated rings. The van der Waals surface area contributed by atoms with Crippen LogP contribution in [0, 0.1) is 0 Å². The van der Waals surface area contributed by atoms with E-state index in [1.807, 2.05) is 0 Å². The first-order valence-corrected chi connectivity index (χ1v) is 6.73. The van der Waals surface area contributed by atoms with Gasteiger partial charge in [-0.2, -0.15) is 0 Å². The Labute approximate surface area is 90.4 Å². The van der Waals surface area contributed by atoms with Crippen molar-refractivity contribution in [3.8, 4) is 0 Å². The fraction of sp³-hybridized carbons (Fsp3) is 1.00. The summed E-state index contributed by atoms with van der Waals surface area (Å²) in [4.78, 5) is 0. The number of hydrogen-bond acceptors (Lipinski definition) is 1. The highest BCUT2D eigenvalue weighted by Crippen LogP contribution is 2.18. The molecule has 1 rings (SSSR count). The van der Waals surface area contributed by atoms with Crippen LogP contribution >= 0.6 is 15.9 Å². The second kappa shape index (κ2) is 7.81. The van der Waals surface area contributed by atoms with Crippen molar-refractivity contribution in [2.45, 2.75) is 57.5 Å². The maximum Gasteiger partial charge on any atom is 0.0810 e. The van der Waals surface area contributed by atoms with E-state index < -0.39 is 0 Å². The molecule has 0 N–H and O–H groups in total. The molecule has 1 aliphatic rings. The van der Waals surface area contributed by atoms with Gasteiger partial charge < -0.3 is 4.74 Å². The Morgan fingerprint density at radius 3 is 2.00 bits per heavy atom. The second-order valence-electron chi connectivity index (χ2n) is 3.91. The van der Waals surface area contributed by atoms with Crippen LogP contribution in [-0.2, 0) is 4.74 Å². The van der Waals surface area contributed by atoms with E-state index in [4.69, 9.17) is 4.74 Å². The summed E-state index contributed by atoms with van der Waals surface area (Å²) in [6.07, 6.45) is 11.8. The lowest BCUT2D eigenvalue weighted by Crippen LogP contribution is -1.86. The van der Waals surface area contributed by atoms with E-state index in [1.165, 1.54) is 56.7 Å². The molecule has 13 heavy (non-hydrogen) atoms. The number of hydrogen-bond donors (Lipinski definition) is 0. The lowest BCUT2D eigenvalue weighted by Gasteiger charge is -1.99. The molecule has 1 saturated heterocycles. The quantitative estimate of drug-likeness (QED) is 0.343. The third kappa shape index (κ3) is 7.51. The molecule has 78 valence electrons. The Bertz CT molecular complexity index is 113. The number of epoxide rings is 1. The van der Waals surface area contributed by atoms with Gasteiger partial charge in [-0.1, -0.05) is 54.5 Å². The van der Waals surface area contributed by atoms with E-state index in [2.05, 4.69) is 15.9 Å². The number of rotatable bonds is 9. The van der Waals surface area contributed by atoms with Gasteiger partial charge >= 0.3 is 0 Å². The molecule has 1 aliphatic heterocycles. The first-order chi connectivity index (χ1) is 6.43. The first-order valence-electron chi connectivity index (χ1n) is 5.61. The third-order valence-electron chi connectivity index (χ3n) is 2.56. The number of unbranched alkanes of at least 4 members (excludes halogenated alkanes) is 6. The van der Waals surface area contributed by atoms with E-state index in [0.29, 0.717) is 6.10 Å². The molecule has 2 heteroatoms. The van der Waals surface area contributed by atoms with Gasteiger partial charge in [0.05, 0.1) is 12.7 Å². The zero-order chi connectivity index (χ0) is 9.36. The maximum atomic E-state index is 5.16. The van der Waals surface area contributed by atoms with E-state index in [1.54, 1.807) is 0 Å². The topological polar surface area (TPSA) is 12.5 Å². The van der Waals surface area contributed by atoms with Crippen LogP contribution in [0.4, 0.5) is 0 Å². The summed E-state index contributed by atoms with van der Waals surface area (Å²) < 4.78 is 5.16. The largest absolute Gasteiger partial charge is 0.373 e. The number of alkyl halides is 1. The smallest absolute Gasteiger partial charge is 0.0810 e. The third-order valence-corrected chi connectivity index (χ3v) is 3.12. The highest BCUT2D eigenvalue weighted by molar-refractivity contribution is 9.09. The summed E-state index contributed by atoms with van der Waals surface area (Å²) in [7, 11) is 0. The fourth-order valence-corrected chi connectivity index (χ4v) is 1.98. The molecule has 1 heterocycles. The molecule has 0 aromatic carbocycles. The van der Waals surface area contributed by atoms with Gasteiger partial charge in [0.2, 0.25) is 0 Å². The molecule has 0 spiro atoms. The van der Waals surface area contributed by atoms with Crippen LogP contribution in [0.15, 0.2) is 0 Å². The van der Waals surface area contributed by atoms with Crippen LogP contribution < -0.4 is 0 Å². The van der Waals surface area contributed by atoms with Crippen LogP contribution in [0.1, 0.15) is 51.4 Å². The van der Waals surface area contributed by atoms with E-state index in [-0.39, 0.29) is 0 Å². The van der Waals surface area contributed by atoms with Crippen LogP contribution in [0.2, 0.25) is 0 Å². The molecule has 0 aromatic heterocycles. The molecule has 0 bridgehead atoms. The van der Waals surface area contributed by atoms with E-state index in [9.17, 15) is 0 Å². The zero-order valence-corrected chi connectivity index (χ0v) is 10.0. The molecule has 0 saturated carbocycles. The lowest BCUT2D eigenvalue weighted by molar-refractivity contribution is 0.387. The molecule has 0 radical (unpaired) electrons. The van der Waals surface area contributed by atoms with Crippen molar-refractivity contribution < 1.29 is 4.74 Å². The molecule has 0 unspecified atom stereocenters. The maximum absolute atomic E-state index is 5.16. The molecule has 0 amide bonds. The van der Waals surface area contributed by atoms with Crippen molar-refractivity contribution in [2.75, 3.05) is 11.9 Å². The Hall–Kier alpha value is 0.440. The summed E-state index contributed by atoms with van der Waals surface area (Å²) in [6.45, 7) is 1.03. The second-order valence-corrected chi connectivity index (χ2v) is 4.70. The summed E-state index contributed by atoms with van der Waals surface area (Å²) in [5, 5.41) is 1.17. The Morgan fingerprint density at radius 2 is 1.46 bits per heavy atom. The molecular formula is C11H21BrO. The number of ether oxygens (including phenoxy) is 1. The van der Waals surface area contributed by atoms with Gasteiger partial charge in [0.15, 0.2) is 0 Å². The first kappa shape index (κ1) is 11.5. The molecule has 0 aromatic rings. The highest BCUT2D eigenvalue weighted by Gasteiger charge is 2.20.